The zero-order chi connectivity index (χ0) is 23.5. The molecule has 0 unspecified atom stereocenters. The molecule has 3 amide bonds. The first-order valence-electron chi connectivity index (χ1n) is 9.99. The van der Waals surface area contributed by atoms with Crippen LogP contribution in [0.25, 0.3) is 0 Å². The van der Waals surface area contributed by atoms with E-state index >= 15 is 0 Å². The highest BCUT2D eigenvalue weighted by molar-refractivity contribution is 7.80. The van der Waals surface area contributed by atoms with E-state index in [4.69, 9.17) is 4.74 Å². The molecule has 2 heterocycles. The van der Waals surface area contributed by atoms with Crippen molar-refractivity contribution in [3.63, 3.8) is 0 Å². The normalized spacial score (nSPS) is 22.1. The average Bonchev–Trinajstić information content (AvgIpc) is 2.78. The van der Waals surface area contributed by atoms with Crippen LogP contribution in [-0.4, -0.2) is 46.6 Å². The first-order valence-corrected chi connectivity index (χ1v) is 10.6. The van der Waals surface area contributed by atoms with Gasteiger partial charge in [0.25, 0.3) is 11.8 Å². The summed E-state index contributed by atoms with van der Waals surface area (Å²) in [5.74, 6) is -1.89. The number of allylic oxidation sites excluding steroid dienone is 2. The lowest BCUT2D eigenvalue weighted by Crippen LogP contribution is -2.45. The monoisotopic (exact) mass is 458 g/mol. The summed E-state index contributed by atoms with van der Waals surface area (Å²) < 4.78 is 5.43. The zero-order valence-electron chi connectivity index (χ0n) is 17.7. The molecule has 0 saturated heterocycles. The number of fused-ring (bicyclic) bond motifs is 2. The molecule has 0 spiro atoms. The fourth-order valence-corrected chi connectivity index (χ4v) is 2.87. The van der Waals surface area contributed by atoms with Crippen molar-refractivity contribution in [2.75, 3.05) is 5.75 Å². The van der Waals surface area contributed by atoms with Gasteiger partial charge in [0.15, 0.2) is 0 Å². The van der Waals surface area contributed by atoms with Crippen LogP contribution in [0.1, 0.15) is 35.9 Å². The molecule has 1 aliphatic heterocycles. The van der Waals surface area contributed by atoms with E-state index in [9.17, 15) is 19.2 Å². The number of thiol groups is 1. The van der Waals surface area contributed by atoms with Crippen LogP contribution >= 0.6 is 12.6 Å². The first kappa shape index (κ1) is 24.9. The quantitative estimate of drug-likeness (QED) is 0.232. The van der Waals surface area contributed by atoms with Crippen LogP contribution in [-0.2, 0) is 25.7 Å². The number of rotatable bonds is 4. The van der Waals surface area contributed by atoms with Crippen LogP contribution in [0.4, 0.5) is 0 Å². The summed E-state index contributed by atoms with van der Waals surface area (Å²) >= 11 is 4.13. The van der Waals surface area contributed by atoms with E-state index in [-0.39, 0.29) is 30.3 Å². The molecule has 3 N–H and O–H groups in total. The van der Waals surface area contributed by atoms with Crippen molar-refractivity contribution in [2.45, 2.75) is 38.5 Å². The summed E-state index contributed by atoms with van der Waals surface area (Å²) in [6, 6.07) is 3.58. The molecule has 9 nitrogen and oxygen atoms in total. The lowest BCUT2D eigenvalue weighted by Gasteiger charge is -2.20. The Bertz CT molecular complexity index is 944. The maximum atomic E-state index is 12.6. The topological polar surface area (TPSA) is 126 Å². The number of nitrogens with one attached hydrogen (secondary N) is 3. The molecule has 0 fully saturated rings. The lowest BCUT2D eigenvalue weighted by molar-refractivity contribution is -0.150. The van der Waals surface area contributed by atoms with Crippen molar-refractivity contribution in [2.24, 2.45) is 0 Å². The summed E-state index contributed by atoms with van der Waals surface area (Å²) in [4.78, 5) is 54.4. The van der Waals surface area contributed by atoms with E-state index in [1.165, 1.54) is 18.2 Å². The average molecular weight is 459 g/mol. The number of pyridine rings is 1. The van der Waals surface area contributed by atoms with Crippen LogP contribution in [0, 0.1) is 0 Å². The second-order valence-electron chi connectivity index (χ2n) is 6.75. The van der Waals surface area contributed by atoms with E-state index in [0.29, 0.717) is 17.9 Å². The van der Waals surface area contributed by atoms with E-state index in [1.807, 2.05) is 0 Å². The molecule has 1 aliphatic rings. The molecule has 0 aromatic carbocycles. The molecule has 1 aromatic heterocycles. The number of hydrogen-bond acceptors (Lipinski definition) is 7. The summed E-state index contributed by atoms with van der Waals surface area (Å²) in [6.07, 6.45) is 5.61. The third kappa shape index (κ3) is 7.38. The van der Waals surface area contributed by atoms with Crippen molar-refractivity contribution in [1.82, 2.24) is 20.9 Å². The molecular formula is C22H26N4O5S. The van der Waals surface area contributed by atoms with Gasteiger partial charge in [0.05, 0.1) is 18.7 Å². The predicted molar refractivity (Wildman–Crippen MR) is 122 cm³/mol. The maximum absolute atomic E-state index is 12.6. The number of nitrogens with zero attached hydrogens (tertiary/aromatic N) is 1. The summed E-state index contributed by atoms with van der Waals surface area (Å²) in [5, 5.41) is 7.63. The van der Waals surface area contributed by atoms with E-state index < -0.39 is 29.9 Å². The highest BCUT2D eigenvalue weighted by Crippen LogP contribution is 2.08. The minimum atomic E-state index is -1.19. The number of ether oxygens (including phenoxy) is 1. The summed E-state index contributed by atoms with van der Waals surface area (Å²) in [6.45, 7) is 5.20. The Kier molecular flexibility index (Phi) is 9.68. The third-order valence-electron chi connectivity index (χ3n) is 4.36. The van der Waals surface area contributed by atoms with E-state index in [0.717, 1.165) is 0 Å². The van der Waals surface area contributed by atoms with Crippen molar-refractivity contribution < 1.29 is 23.9 Å². The highest BCUT2D eigenvalue weighted by Gasteiger charge is 2.25. The number of carbonyl (C=O) groups excluding carboxylic acids is 4. The van der Waals surface area contributed by atoms with Gasteiger partial charge in [-0.1, -0.05) is 24.3 Å². The molecule has 1 aromatic rings. The van der Waals surface area contributed by atoms with Crippen LogP contribution < -0.4 is 16.0 Å². The van der Waals surface area contributed by atoms with Gasteiger partial charge in [-0.05, 0) is 37.3 Å². The fourth-order valence-electron chi connectivity index (χ4n) is 2.72. The molecule has 32 heavy (non-hydrogen) atoms. The van der Waals surface area contributed by atoms with Crippen molar-refractivity contribution in [3.05, 3.63) is 66.2 Å². The standard InChI is InChI=1S/C22H26N4O5S/c1-3-16-20(28)26-17(4-2)22(30)31-15(9-5-6-11-32)12-19(27)23-13-14-8-7-10-18(24-14)21(29)25-16/h3-5,7-10,15,17,32H,2,6,11-13H2,1H3,(H,23,27)(H,25,29)(H,26,28)/b9-5+,16-3-/t15-,17+/m1/s1. The van der Waals surface area contributed by atoms with Gasteiger partial charge in [0.2, 0.25) is 5.91 Å². The van der Waals surface area contributed by atoms with Crippen LogP contribution in [0.5, 0.6) is 0 Å². The minimum absolute atomic E-state index is 0.0625. The number of cyclic esters (lactones) is 1. The molecule has 0 saturated carbocycles. The second kappa shape index (κ2) is 12.5. The van der Waals surface area contributed by atoms with Crippen LogP contribution in [0.15, 0.2) is 54.8 Å². The van der Waals surface area contributed by atoms with Crippen LogP contribution in [0.3, 0.4) is 0 Å². The molecule has 0 radical (unpaired) electrons. The van der Waals surface area contributed by atoms with Crippen LogP contribution in [0.2, 0.25) is 0 Å². The summed E-state index contributed by atoms with van der Waals surface area (Å²) in [7, 11) is 0. The van der Waals surface area contributed by atoms with Gasteiger partial charge in [-0.3, -0.25) is 14.4 Å². The molecule has 2 rings (SSSR count). The Balaban J connectivity index is 2.36. The summed E-state index contributed by atoms with van der Waals surface area (Å²) in [5.41, 5.74) is 0.464. The Morgan fingerprint density at radius 1 is 1.25 bits per heavy atom. The molecule has 10 heteroatoms. The smallest absolute Gasteiger partial charge is 0.333 e. The number of amides is 3. The number of aromatic nitrogens is 1. The Morgan fingerprint density at radius 3 is 2.72 bits per heavy atom. The van der Waals surface area contributed by atoms with Gasteiger partial charge in [-0.15, -0.1) is 6.58 Å². The number of carbonyl (C=O) groups is 4. The van der Waals surface area contributed by atoms with Gasteiger partial charge >= 0.3 is 5.97 Å². The largest absolute Gasteiger partial charge is 0.456 e. The Morgan fingerprint density at radius 2 is 2.03 bits per heavy atom. The van der Waals surface area contributed by atoms with E-state index in [1.54, 1.807) is 31.2 Å². The van der Waals surface area contributed by atoms with E-state index in [2.05, 4.69) is 40.1 Å². The molecular weight excluding hydrogens is 432 g/mol. The predicted octanol–water partition coefficient (Wildman–Crippen LogP) is 1.19. The fraction of sp³-hybridized carbons (Fsp3) is 0.318. The zero-order valence-corrected chi connectivity index (χ0v) is 18.6. The maximum Gasteiger partial charge on any atom is 0.333 e. The Hall–Kier alpha value is -3.40. The SMILES string of the molecule is C=C[C@@H]1NC(=O)/C(=C/C)NC(=O)c2cccc(n2)CNC(=O)C[C@@H](/C=C/CCS)OC1=O. The molecule has 0 aliphatic carbocycles. The second-order valence-corrected chi connectivity index (χ2v) is 7.20. The van der Waals surface area contributed by atoms with Crippen molar-refractivity contribution in [3.8, 4) is 0 Å². The van der Waals surface area contributed by atoms with Gasteiger partial charge in [-0.25, -0.2) is 9.78 Å². The van der Waals surface area contributed by atoms with Gasteiger partial charge in [-0.2, -0.15) is 12.6 Å². The molecule has 170 valence electrons. The van der Waals surface area contributed by atoms with Gasteiger partial charge in [0, 0.05) is 0 Å². The van der Waals surface area contributed by atoms with Crippen molar-refractivity contribution >= 4 is 36.3 Å². The van der Waals surface area contributed by atoms with Gasteiger partial charge < -0.3 is 20.7 Å². The first-order chi connectivity index (χ1) is 15.4. The third-order valence-corrected chi connectivity index (χ3v) is 4.62. The molecule has 2 bridgehead atoms. The molecule has 2 atom stereocenters. The van der Waals surface area contributed by atoms with Gasteiger partial charge in [0.1, 0.15) is 23.5 Å². The van der Waals surface area contributed by atoms with Crippen molar-refractivity contribution in [1.29, 1.82) is 0 Å². The highest BCUT2D eigenvalue weighted by atomic mass is 32.1. The number of esters is 1. The Labute approximate surface area is 191 Å². The lowest BCUT2D eigenvalue weighted by atomic mass is 10.2. The minimum Gasteiger partial charge on any atom is -0.456 e. The number of hydrogen-bond donors (Lipinski definition) is 4.